The molecule has 1 aliphatic carbocycles. The fourth-order valence-corrected chi connectivity index (χ4v) is 5.58. The maximum Gasteiger partial charge on any atom is 0.242 e. The quantitative estimate of drug-likeness (QED) is 0.645. The Balaban J connectivity index is 1.63. The summed E-state index contributed by atoms with van der Waals surface area (Å²) in [6.07, 6.45) is 6.11. The minimum atomic E-state index is -3.48. The van der Waals surface area contributed by atoms with E-state index in [-0.39, 0.29) is 16.6 Å². The highest BCUT2D eigenvalue weighted by Gasteiger charge is 2.22. The highest BCUT2D eigenvalue weighted by Crippen LogP contribution is 2.34. The van der Waals surface area contributed by atoms with Crippen LogP contribution in [0.15, 0.2) is 34.3 Å². The molecule has 0 unspecified atom stereocenters. The third-order valence-electron chi connectivity index (χ3n) is 5.54. The highest BCUT2D eigenvalue weighted by molar-refractivity contribution is 7.99. The summed E-state index contributed by atoms with van der Waals surface area (Å²) in [5.41, 5.74) is 2.77. The van der Waals surface area contributed by atoms with Crippen LogP contribution in [0.4, 0.5) is 5.69 Å². The van der Waals surface area contributed by atoms with Gasteiger partial charge in [0.05, 0.1) is 16.3 Å². The topological polar surface area (TPSA) is 84.3 Å². The third kappa shape index (κ3) is 5.07. The molecule has 1 N–H and O–H groups in total. The number of amides is 1. The average molecular weight is 451 g/mol. The summed E-state index contributed by atoms with van der Waals surface area (Å²) in [6, 6.07) is 6.69. The second-order valence-corrected chi connectivity index (χ2v) is 11.0. The molecule has 0 aliphatic heterocycles. The van der Waals surface area contributed by atoms with Gasteiger partial charge in [0.1, 0.15) is 0 Å². The van der Waals surface area contributed by atoms with Gasteiger partial charge in [0.15, 0.2) is 5.16 Å². The summed E-state index contributed by atoms with van der Waals surface area (Å²) in [4.78, 5) is 17.3. The summed E-state index contributed by atoms with van der Waals surface area (Å²) in [5, 5.41) is 3.74. The van der Waals surface area contributed by atoms with E-state index in [0.29, 0.717) is 11.7 Å². The number of sulfonamides is 1. The van der Waals surface area contributed by atoms with Gasteiger partial charge in [0.25, 0.3) is 0 Å². The largest absolute Gasteiger partial charge is 0.325 e. The van der Waals surface area contributed by atoms with E-state index in [1.54, 1.807) is 12.1 Å². The first-order chi connectivity index (χ1) is 14.2. The molecule has 0 bridgehead atoms. The van der Waals surface area contributed by atoms with Gasteiger partial charge in [-0.2, -0.15) is 0 Å². The number of rotatable bonds is 7. The summed E-state index contributed by atoms with van der Waals surface area (Å²) in [5.74, 6) is 0.108. The summed E-state index contributed by atoms with van der Waals surface area (Å²) in [6.45, 7) is 4.12. The molecule has 2 aromatic rings. The van der Waals surface area contributed by atoms with Gasteiger partial charge < -0.3 is 9.88 Å². The van der Waals surface area contributed by atoms with Gasteiger partial charge in [-0.25, -0.2) is 17.7 Å². The molecule has 1 amide bonds. The normalized spacial score (nSPS) is 15.5. The van der Waals surface area contributed by atoms with Crippen LogP contribution >= 0.6 is 11.8 Å². The number of carbonyl (C=O) groups excluding carboxylic acids is 1. The van der Waals surface area contributed by atoms with E-state index in [4.69, 9.17) is 4.98 Å². The van der Waals surface area contributed by atoms with Crippen molar-refractivity contribution in [1.29, 1.82) is 0 Å². The van der Waals surface area contributed by atoms with Crippen LogP contribution in [0.2, 0.25) is 0 Å². The zero-order valence-corrected chi connectivity index (χ0v) is 19.6. The molecule has 0 saturated heterocycles. The van der Waals surface area contributed by atoms with E-state index in [0.717, 1.165) is 15.2 Å². The number of anilines is 1. The van der Waals surface area contributed by atoms with Crippen molar-refractivity contribution in [3.8, 4) is 0 Å². The fourth-order valence-electron chi connectivity index (χ4n) is 3.72. The molecule has 1 aliphatic rings. The number of nitrogens with zero attached hydrogens (tertiary/aromatic N) is 3. The molecule has 30 heavy (non-hydrogen) atoms. The zero-order chi connectivity index (χ0) is 21.9. The van der Waals surface area contributed by atoms with Gasteiger partial charge in [-0.1, -0.05) is 31.0 Å². The molecule has 9 heteroatoms. The Kier molecular flexibility index (Phi) is 7.26. The van der Waals surface area contributed by atoms with Crippen LogP contribution in [-0.2, 0) is 14.8 Å². The molecule has 1 heterocycles. The van der Waals surface area contributed by atoms with Crippen LogP contribution in [0.3, 0.4) is 0 Å². The molecular formula is C21H30N4O3S2. The number of nitrogens with one attached hydrogen (secondary N) is 1. The highest BCUT2D eigenvalue weighted by atomic mass is 32.2. The first kappa shape index (κ1) is 22.8. The Hall–Kier alpha value is -1.84. The third-order valence-corrected chi connectivity index (χ3v) is 8.33. The molecule has 164 valence electrons. The molecular weight excluding hydrogens is 420 g/mol. The average Bonchev–Trinajstić information content (AvgIpc) is 3.01. The second kappa shape index (κ2) is 9.53. The lowest BCUT2D eigenvalue weighted by Crippen LogP contribution is -2.22. The number of benzene rings is 1. The predicted octanol–water partition coefficient (Wildman–Crippen LogP) is 3.99. The van der Waals surface area contributed by atoms with Crippen LogP contribution in [0, 0.1) is 13.8 Å². The van der Waals surface area contributed by atoms with Crippen LogP contribution in [-0.4, -0.2) is 48.0 Å². The first-order valence-corrected chi connectivity index (χ1v) is 12.6. The minimum absolute atomic E-state index is 0.142. The van der Waals surface area contributed by atoms with Crippen LogP contribution in [0.1, 0.15) is 49.5 Å². The lowest BCUT2D eigenvalue weighted by Gasteiger charge is -2.26. The number of hydrogen-bond donors (Lipinski definition) is 1. The van der Waals surface area contributed by atoms with Crippen molar-refractivity contribution < 1.29 is 13.2 Å². The molecule has 1 saturated carbocycles. The standard InChI is InChI=1S/C21H30N4O3S2/c1-15-16(2)25(18-8-6-5-7-9-18)21(22-15)29-14-20(26)23-17-10-12-19(13-11-17)30(27,28)24(3)4/h10-13,18H,5-9,14H2,1-4H3,(H,23,26). The SMILES string of the molecule is Cc1nc(SCC(=O)Nc2ccc(S(=O)(=O)N(C)C)cc2)n(C2CCCCC2)c1C. The van der Waals surface area contributed by atoms with E-state index >= 15 is 0 Å². The molecule has 0 radical (unpaired) electrons. The van der Waals surface area contributed by atoms with E-state index in [2.05, 4.69) is 16.8 Å². The number of thioether (sulfide) groups is 1. The van der Waals surface area contributed by atoms with Crippen molar-refractivity contribution in [3.05, 3.63) is 35.7 Å². The monoisotopic (exact) mass is 450 g/mol. The van der Waals surface area contributed by atoms with E-state index in [1.807, 2.05) is 6.92 Å². The Morgan fingerprint density at radius 3 is 2.40 bits per heavy atom. The second-order valence-electron chi connectivity index (χ2n) is 7.88. The van der Waals surface area contributed by atoms with Gasteiger partial charge in [-0.15, -0.1) is 0 Å². The lowest BCUT2D eigenvalue weighted by molar-refractivity contribution is -0.113. The van der Waals surface area contributed by atoms with Crippen LogP contribution in [0.25, 0.3) is 0 Å². The Morgan fingerprint density at radius 2 is 1.80 bits per heavy atom. The smallest absolute Gasteiger partial charge is 0.242 e. The number of imidazole rings is 1. The van der Waals surface area contributed by atoms with Gasteiger partial charge >= 0.3 is 0 Å². The van der Waals surface area contributed by atoms with Crippen molar-refractivity contribution in [2.75, 3.05) is 25.2 Å². The summed E-state index contributed by atoms with van der Waals surface area (Å²) >= 11 is 1.45. The minimum Gasteiger partial charge on any atom is -0.325 e. The number of aryl methyl sites for hydroxylation is 1. The molecule has 0 atom stereocenters. The molecule has 1 fully saturated rings. The first-order valence-electron chi connectivity index (χ1n) is 10.2. The maximum absolute atomic E-state index is 12.5. The Morgan fingerprint density at radius 1 is 1.17 bits per heavy atom. The fraction of sp³-hybridized carbons (Fsp3) is 0.524. The van der Waals surface area contributed by atoms with E-state index < -0.39 is 10.0 Å². The van der Waals surface area contributed by atoms with Crippen molar-refractivity contribution in [3.63, 3.8) is 0 Å². The number of aromatic nitrogens is 2. The van der Waals surface area contributed by atoms with Gasteiger partial charge in [0, 0.05) is 31.5 Å². The number of hydrogen-bond acceptors (Lipinski definition) is 5. The van der Waals surface area contributed by atoms with Gasteiger partial charge in [-0.3, -0.25) is 4.79 Å². The Bertz CT molecular complexity index is 992. The van der Waals surface area contributed by atoms with Crippen molar-refractivity contribution in [2.45, 2.75) is 62.0 Å². The molecule has 1 aromatic carbocycles. The molecule has 1 aromatic heterocycles. The Labute approximate surface area is 183 Å². The molecule has 3 rings (SSSR count). The van der Waals surface area contributed by atoms with Crippen LogP contribution < -0.4 is 5.32 Å². The zero-order valence-electron chi connectivity index (χ0n) is 18.0. The maximum atomic E-state index is 12.5. The van der Waals surface area contributed by atoms with Crippen LogP contribution in [0.5, 0.6) is 0 Å². The van der Waals surface area contributed by atoms with Gasteiger partial charge in [-0.05, 0) is 51.0 Å². The lowest BCUT2D eigenvalue weighted by atomic mass is 9.95. The van der Waals surface area contributed by atoms with E-state index in [1.165, 1.54) is 75.8 Å². The summed E-state index contributed by atoms with van der Waals surface area (Å²) < 4.78 is 27.8. The number of carbonyl (C=O) groups is 1. The van der Waals surface area contributed by atoms with Crippen molar-refractivity contribution in [1.82, 2.24) is 13.9 Å². The van der Waals surface area contributed by atoms with E-state index in [9.17, 15) is 13.2 Å². The van der Waals surface area contributed by atoms with Gasteiger partial charge in [0.2, 0.25) is 15.9 Å². The van der Waals surface area contributed by atoms with Crippen molar-refractivity contribution >= 4 is 33.4 Å². The van der Waals surface area contributed by atoms with Crippen molar-refractivity contribution in [2.24, 2.45) is 0 Å². The molecule has 0 spiro atoms. The predicted molar refractivity (Wildman–Crippen MR) is 120 cm³/mol. The molecule has 7 nitrogen and oxygen atoms in total. The summed E-state index contributed by atoms with van der Waals surface area (Å²) in [7, 11) is -0.502.